The molecule has 0 amide bonds. The quantitative estimate of drug-likeness (QED) is 0.905. The summed E-state index contributed by atoms with van der Waals surface area (Å²) < 4.78 is 16.9. The van der Waals surface area contributed by atoms with Gasteiger partial charge in [0.1, 0.15) is 0 Å². The molecule has 0 bridgehead atoms. The van der Waals surface area contributed by atoms with Crippen molar-refractivity contribution in [1.82, 2.24) is 5.32 Å². The van der Waals surface area contributed by atoms with E-state index < -0.39 is 0 Å². The number of hydrogen-bond donors (Lipinski definition) is 1. The summed E-state index contributed by atoms with van der Waals surface area (Å²) in [5.74, 6) is 1.78. The molecule has 1 spiro atoms. The summed E-state index contributed by atoms with van der Waals surface area (Å²) in [7, 11) is 0. The molecule has 1 aromatic rings. The van der Waals surface area contributed by atoms with Crippen LogP contribution < -0.4 is 14.8 Å². The molecule has 0 radical (unpaired) electrons. The molecule has 2 unspecified atom stereocenters. The SMILES string of the molecule is CCOC1CC(NCc2cccc3c2OCO3)C12CCC2. The van der Waals surface area contributed by atoms with Gasteiger partial charge in [-0.15, -0.1) is 0 Å². The molecule has 114 valence electrons. The van der Waals surface area contributed by atoms with E-state index in [1.165, 1.54) is 24.8 Å². The van der Waals surface area contributed by atoms with Gasteiger partial charge in [-0.25, -0.2) is 0 Å². The minimum absolute atomic E-state index is 0.339. The molecule has 4 rings (SSSR count). The van der Waals surface area contributed by atoms with Gasteiger partial charge in [0, 0.05) is 30.2 Å². The van der Waals surface area contributed by atoms with E-state index in [2.05, 4.69) is 18.3 Å². The van der Waals surface area contributed by atoms with Crippen molar-refractivity contribution in [3.63, 3.8) is 0 Å². The third-order valence-electron chi connectivity index (χ3n) is 5.45. The lowest BCUT2D eigenvalue weighted by molar-refractivity contribution is -0.173. The van der Waals surface area contributed by atoms with Crippen LogP contribution in [0.25, 0.3) is 0 Å². The Balaban J connectivity index is 1.41. The van der Waals surface area contributed by atoms with E-state index >= 15 is 0 Å². The maximum atomic E-state index is 5.91. The van der Waals surface area contributed by atoms with Crippen LogP contribution in [-0.2, 0) is 11.3 Å². The highest BCUT2D eigenvalue weighted by Gasteiger charge is 2.58. The average molecular weight is 289 g/mol. The van der Waals surface area contributed by atoms with Gasteiger partial charge in [0.15, 0.2) is 11.5 Å². The van der Waals surface area contributed by atoms with Crippen LogP contribution in [0.2, 0.25) is 0 Å². The normalized spacial score (nSPS) is 28.2. The van der Waals surface area contributed by atoms with Gasteiger partial charge in [-0.2, -0.15) is 0 Å². The Morgan fingerprint density at radius 2 is 2.24 bits per heavy atom. The van der Waals surface area contributed by atoms with Gasteiger partial charge in [-0.3, -0.25) is 0 Å². The summed E-state index contributed by atoms with van der Waals surface area (Å²) in [6, 6.07) is 6.70. The second-order valence-electron chi connectivity index (χ2n) is 6.35. The molecule has 2 atom stereocenters. The summed E-state index contributed by atoms with van der Waals surface area (Å²) in [5.41, 5.74) is 1.60. The topological polar surface area (TPSA) is 39.7 Å². The van der Waals surface area contributed by atoms with Crippen LogP contribution >= 0.6 is 0 Å². The molecule has 4 nitrogen and oxygen atoms in total. The van der Waals surface area contributed by atoms with E-state index in [9.17, 15) is 0 Å². The summed E-state index contributed by atoms with van der Waals surface area (Å²) in [6.45, 7) is 4.11. The molecule has 0 aromatic heterocycles. The molecule has 2 aliphatic carbocycles. The standard InChI is InChI=1S/C17H23NO3/c1-2-19-15-9-14(17(15)7-4-8-17)18-10-12-5-3-6-13-16(12)21-11-20-13/h3,5-6,14-15,18H,2,4,7-11H2,1H3. The maximum Gasteiger partial charge on any atom is 0.231 e. The van der Waals surface area contributed by atoms with E-state index in [0.717, 1.165) is 31.1 Å². The summed E-state index contributed by atoms with van der Waals surface area (Å²) in [5, 5.41) is 3.73. The minimum atomic E-state index is 0.339. The van der Waals surface area contributed by atoms with Crippen molar-refractivity contribution in [2.45, 2.75) is 51.3 Å². The lowest BCUT2D eigenvalue weighted by Gasteiger charge is -2.61. The van der Waals surface area contributed by atoms with Crippen LogP contribution in [0.5, 0.6) is 11.5 Å². The van der Waals surface area contributed by atoms with E-state index in [1.807, 2.05) is 12.1 Å². The van der Waals surface area contributed by atoms with Crippen LogP contribution in [0, 0.1) is 5.41 Å². The van der Waals surface area contributed by atoms with E-state index in [4.69, 9.17) is 14.2 Å². The largest absolute Gasteiger partial charge is 0.454 e. The Bertz CT molecular complexity index is 527. The molecule has 1 heterocycles. The van der Waals surface area contributed by atoms with Crippen molar-refractivity contribution in [1.29, 1.82) is 0 Å². The second-order valence-corrected chi connectivity index (χ2v) is 6.35. The van der Waals surface area contributed by atoms with Gasteiger partial charge in [0.05, 0.1) is 6.10 Å². The number of hydrogen-bond acceptors (Lipinski definition) is 4. The first-order chi connectivity index (χ1) is 10.3. The first-order valence-corrected chi connectivity index (χ1v) is 8.06. The second kappa shape index (κ2) is 5.18. The predicted octanol–water partition coefficient (Wildman–Crippen LogP) is 2.85. The minimum Gasteiger partial charge on any atom is -0.454 e. The molecule has 21 heavy (non-hydrogen) atoms. The van der Waals surface area contributed by atoms with Crippen LogP contribution in [0.3, 0.4) is 0 Å². The van der Waals surface area contributed by atoms with Gasteiger partial charge >= 0.3 is 0 Å². The van der Waals surface area contributed by atoms with Gasteiger partial charge in [0.2, 0.25) is 6.79 Å². The average Bonchev–Trinajstić information content (AvgIpc) is 2.89. The molecule has 4 heteroatoms. The number of rotatable bonds is 5. The zero-order chi connectivity index (χ0) is 14.3. The van der Waals surface area contributed by atoms with E-state index in [0.29, 0.717) is 24.4 Å². The lowest BCUT2D eigenvalue weighted by atomic mass is 9.51. The fourth-order valence-corrected chi connectivity index (χ4v) is 4.09. The Hall–Kier alpha value is -1.26. The number of nitrogens with one attached hydrogen (secondary N) is 1. The first-order valence-electron chi connectivity index (χ1n) is 8.06. The molecule has 1 aromatic carbocycles. The van der Waals surface area contributed by atoms with Crippen LogP contribution in [0.4, 0.5) is 0 Å². The Morgan fingerprint density at radius 1 is 1.33 bits per heavy atom. The fraction of sp³-hybridized carbons (Fsp3) is 0.647. The lowest BCUT2D eigenvalue weighted by Crippen LogP contribution is -2.66. The monoisotopic (exact) mass is 289 g/mol. The number of fused-ring (bicyclic) bond motifs is 1. The molecular weight excluding hydrogens is 266 g/mol. The van der Waals surface area contributed by atoms with Crippen molar-refractivity contribution in [2.75, 3.05) is 13.4 Å². The third-order valence-corrected chi connectivity index (χ3v) is 5.45. The first kappa shape index (κ1) is 13.4. The van der Waals surface area contributed by atoms with E-state index in [-0.39, 0.29) is 0 Å². The predicted molar refractivity (Wildman–Crippen MR) is 79.5 cm³/mol. The van der Waals surface area contributed by atoms with Gasteiger partial charge in [0.25, 0.3) is 0 Å². The number of ether oxygens (including phenoxy) is 3. The molecule has 2 fully saturated rings. The zero-order valence-electron chi connectivity index (χ0n) is 12.6. The summed E-state index contributed by atoms with van der Waals surface area (Å²) in [4.78, 5) is 0. The van der Waals surface area contributed by atoms with Crippen molar-refractivity contribution < 1.29 is 14.2 Å². The molecule has 1 aliphatic heterocycles. The third kappa shape index (κ3) is 2.04. The Labute approximate surface area is 125 Å². The summed E-state index contributed by atoms with van der Waals surface area (Å²) in [6.07, 6.45) is 5.57. The molecule has 1 N–H and O–H groups in total. The van der Waals surface area contributed by atoms with Crippen molar-refractivity contribution >= 4 is 0 Å². The maximum absolute atomic E-state index is 5.91. The van der Waals surface area contributed by atoms with Gasteiger partial charge in [-0.1, -0.05) is 18.6 Å². The van der Waals surface area contributed by atoms with Crippen molar-refractivity contribution in [3.05, 3.63) is 23.8 Å². The van der Waals surface area contributed by atoms with Gasteiger partial charge in [-0.05, 0) is 32.3 Å². The van der Waals surface area contributed by atoms with Crippen molar-refractivity contribution in [3.8, 4) is 11.5 Å². The Morgan fingerprint density at radius 3 is 3.00 bits per heavy atom. The zero-order valence-corrected chi connectivity index (χ0v) is 12.6. The number of para-hydroxylation sites is 1. The Kier molecular flexibility index (Phi) is 3.31. The smallest absolute Gasteiger partial charge is 0.231 e. The van der Waals surface area contributed by atoms with Crippen LogP contribution in [0.15, 0.2) is 18.2 Å². The van der Waals surface area contributed by atoms with Crippen LogP contribution in [0.1, 0.15) is 38.2 Å². The highest BCUT2D eigenvalue weighted by Crippen LogP contribution is 2.57. The molecule has 3 aliphatic rings. The molecule has 2 saturated carbocycles. The highest BCUT2D eigenvalue weighted by atomic mass is 16.7. The molecular formula is C17H23NO3. The van der Waals surface area contributed by atoms with Crippen molar-refractivity contribution in [2.24, 2.45) is 5.41 Å². The molecule has 0 saturated heterocycles. The number of benzene rings is 1. The fourth-order valence-electron chi connectivity index (χ4n) is 4.09. The summed E-state index contributed by atoms with van der Waals surface area (Å²) >= 11 is 0. The van der Waals surface area contributed by atoms with E-state index in [1.54, 1.807) is 0 Å². The van der Waals surface area contributed by atoms with Crippen LogP contribution in [-0.4, -0.2) is 25.5 Å². The highest BCUT2D eigenvalue weighted by molar-refractivity contribution is 5.48. The van der Waals surface area contributed by atoms with Gasteiger partial charge < -0.3 is 19.5 Å².